The molecule has 24 heavy (non-hydrogen) atoms. The zero-order chi connectivity index (χ0) is 17.2. The van der Waals surface area contributed by atoms with E-state index in [0.29, 0.717) is 5.82 Å². The van der Waals surface area contributed by atoms with Gasteiger partial charge in [-0.1, -0.05) is 35.8 Å². The van der Waals surface area contributed by atoms with E-state index in [1.165, 1.54) is 11.3 Å². The van der Waals surface area contributed by atoms with E-state index in [-0.39, 0.29) is 16.6 Å². The third-order valence-corrected chi connectivity index (χ3v) is 6.53. The van der Waals surface area contributed by atoms with Crippen LogP contribution < -0.4 is 4.72 Å². The minimum Gasteiger partial charge on any atom is -0.338 e. The summed E-state index contributed by atoms with van der Waals surface area (Å²) in [6, 6.07) is 11.1. The van der Waals surface area contributed by atoms with Crippen molar-refractivity contribution in [1.82, 2.24) is 14.9 Å². The SMILES string of the molecule is CCc1ccc(S(=O)(=O)NCc2nc(-c3cccc(C)c3)no2)s1. The van der Waals surface area contributed by atoms with Gasteiger partial charge in [0.05, 0.1) is 6.54 Å². The van der Waals surface area contributed by atoms with Gasteiger partial charge >= 0.3 is 0 Å². The minimum absolute atomic E-state index is 0.0412. The van der Waals surface area contributed by atoms with Crippen LogP contribution in [-0.4, -0.2) is 18.6 Å². The molecule has 0 amide bonds. The van der Waals surface area contributed by atoms with Gasteiger partial charge < -0.3 is 4.52 Å². The molecule has 3 aromatic rings. The van der Waals surface area contributed by atoms with Crippen LogP contribution in [0.15, 0.2) is 45.1 Å². The van der Waals surface area contributed by atoms with E-state index >= 15 is 0 Å². The van der Waals surface area contributed by atoms with Gasteiger partial charge in [-0.15, -0.1) is 11.3 Å². The van der Waals surface area contributed by atoms with Gasteiger partial charge in [-0.2, -0.15) is 4.98 Å². The lowest BCUT2D eigenvalue weighted by molar-refractivity contribution is 0.376. The number of nitrogens with zero attached hydrogens (tertiary/aromatic N) is 2. The van der Waals surface area contributed by atoms with Crippen molar-refractivity contribution in [2.75, 3.05) is 0 Å². The number of rotatable bonds is 6. The van der Waals surface area contributed by atoms with Crippen molar-refractivity contribution < 1.29 is 12.9 Å². The van der Waals surface area contributed by atoms with Gasteiger partial charge in [0.25, 0.3) is 10.0 Å². The topological polar surface area (TPSA) is 85.1 Å². The molecule has 0 bridgehead atoms. The molecule has 1 N–H and O–H groups in total. The van der Waals surface area contributed by atoms with Gasteiger partial charge in [0.15, 0.2) is 0 Å². The maximum Gasteiger partial charge on any atom is 0.250 e. The molecule has 0 aliphatic heterocycles. The predicted octanol–water partition coefficient (Wildman–Crippen LogP) is 3.15. The smallest absolute Gasteiger partial charge is 0.250 e. The maximum absolute atomic E-state index is 12.3. The van der Waals surface area contributed by atoms with Crippen LogP contribution in [-0.2, 0) is 23.0 Å². The number of hydrogen-bond acceptors (Lipinski definition) is 6. The molecular formula is C16H17N3O3S2. The largest absolute Gasteiger partial charge is 0.338 e. The summed E-state index contributed by atoms with van der Waals surface area (Å²) in [5.41, 5.74) is 1.92. The van der Waals surface area contributed by atoms with E-state index in [1.54, 1.807) is 6.07 Å². The van der Waals surface area contributed by atoms with Crippen LogP contribution in [0.5, 0.6) is 0 Å². The third kappa shape index (κ3) is 3.72. The minimum atomic E-state index is -3.57. The summed E-state index contributed by atoms with van der Waals surface area (Å²) >= 11 is 1.26. The number of aryl methyl sites for hydroxylation is 2. The Morgan fingerprint density at radius 2 is 2.08 bits per heavy atom. The first-order valence-corrected chi connectivity index (χ1v) is 9.76. The fraction of sp³-hybridized carbons (Fsp3) is 0.250. The molecule has 2 aromatic heterocycles. The fourth-order valence-electron chi connectivity index (χ4n) is 2.15. The summed E-state index contributed by atoms with van der Waals surface area (Å²) in [5.74, 6) is 0.666. The fourth-order valence-corrected chi connectivity index (χ4v) is 4.46. The highest BCUT2D eigenvalue weighted by Crippen LogP contribution is 2.22. The molecule has 0 unspecified atom stereocenters. The second-order valence-electron chi connectivity index (χ2n) is 5.28. The second kappa shape index (κ2) is 6.84. The number of hydrogen-bond donors (Lipinski definition) is 1. The second-order valence-corrected chi connectivity index (χ2v) is 8.44. The normalized spacial score (nSPS) is 11.8. The average Bonchev–Trinajstić information content (AvgIpc) is 3.23. The van der Waals surface area contributed by atoms with Crippen molar-refractivity contribution in [3.05, 3.63) is 52.7 Å². The molecule has 6 nitrogen and oxygen atoms in total. The van der Waals surface area contributed by atoms with Crippen molar-refractivity contribution in [3.8, 4) is 11.4 Å². The number of benzene rings is 1. The molecule has 0 fully saturated rings. The number of thiophene rings is 1. The van der Waals surface area contributed by atoms with E-state index in [0.717, 1.165) is 22.4 Å². The van der Waals surface area contributed by atoms with E-state index in [1.807, 2.05) is 44.2 Å². The number of aromatic nitrogens is 2. The van der Waals surface area contributed by atoms with E-state index in [4.69, 9.17) is 4.52 Å². The van der Waals surface area contributed by atoms with Crippen LogP contribution in [0.4, 0.5) is 0 Å². The highest BCUT2D eigenvalue weighted by molar-refractivity contribution is 7.91. The predicted molar refractivity (Wildman–Crippen MR) is 92.2 cm³/mol. The van der Waals surface area contributed by atoms with Crippen LogP contribution in [0, 0.1) is 6.92 Å². The maximum atomic E-state index is 12.3. The summed E-state index contributed by atoms with van der Waals surface area (Å²) in [7, 11) is -3.57. The van der Waals surface area contributed by atoms with Gasteiger partial charge in [-0.05, 0) is 31.5 Å². The lowest BCUT2D eigenvalue weighted by Gasteiger charge is -2.01. The lowest BCUT2D eigenvalue weighted by Crippen LogP contribution is -2.22. The Labute approximate surface area is 144 Å². The lowest BCUT2D eigenvalue weighted by atomic mass is 10.1. The van der Waals surface area contributed by atoms with Gasteiger partial charge in [0, 0.05) is 10.4 Å². The monoisotopic (exact) mass is 363 g/mol. The summed E-state index contributed by atoms with van der Waals surface area (Å²) in [6.45, 7) is 3.92. The van der Waals surface area contributed by atoms with Crippen molar-refractivity contribution in [2.45, 2.75) is 31.0 Å². The van der Waals surface area contributed by atoms with Gasteiger partial charge in [0.1, 0.15) is 4.21 Å². The Morgan fingerprint density at radius 3 is 2.79 bits per heavy atom. The highest BCUT2D eigenvalue weighted by Gasteiger charge is 2.18. The van der Waals surface area contributed by atoms with E-state index in [2.05, 4.69) is 14.9 Å². The molecule has 1 aromatic carbocycles. The Hall–Kier alpha value is -2.03. The van der Waals surface area contributed by atoms with Crippen molar-refractivity contribution in [3.63, 3.8) is 0 Å². The highest BCUT2D eigenvalue weighted by atomic mass is 32.2. The molecule has 0 radical (unpaired) electrons. The quantitative estimate of drug-likeness (QED) is 0.727. The number of sulfonamides is 1. The van der Waals surface area contributed by atoms with Crippen LogP contribution >= 0.6 is 11.3 Å². The summed E-state index contributed by atoms with van der Waals surface area (Å²) in [4.78, 5) is 5.26. The molecular weight excluding hydrogens is 346 g/mol. The van der Waals surface area contributed by atoms with Crippen molar-refractivity contribution in [2.24, 2.45) is 0 Å². The zero-order valence-electron chi connectivity index (χ0n) is 13.3. The molecule has 0 spiro atoms. The summed E-state index contributed by atoms with van der Waals surface area (Å²) in [6.07, 6.45) is 0.809. The van der Waals surface area contributed by atoms with Gasteiger partial charge in [-0.3, -0.25) is 0 Å². The standard InChI is InChI=1S/C16H17N3O3S2/c1-3-13-7-8-15(23-13)24(20,21)17-10-14-18-16(19-22-14)12-6-4-5-11(2)9-12/h4-9,17H,3,10H2,1-2H3. The molecule has 8 heteroatoms. The van der Waals surface area contributed by atoms with Gasteiger partial charge in [0.2, 0.25) is 11.7 Å². The average molecular weight is 363 g/mol. The molecule has 126 valence electrons. The molecule has 0 saturated carbocycles. The molecule has 2 heterocycles. The first-order chi connectivity index (χ1) is 11.5. The summed E-state index contributed by atoms with van der Waals surface area (Å²) < 4.78 is 32.4. The molecule has 0 aliphatic rings. The van der Waals surface area contributed by atoms with Gasteiger partial charge in [-0.25, -0.2) is 13.1 Å². The van der Waals surface area contributed by atoms with E-state index in [9.17, 15) is 8.42 Å². The molecule has 0 atom stereocenters. The van der Waals surface area contributed by atoms with Crippen LogP contribution in [0.25, 0.3) is 11.4 Å². The molecule has 0 saturated heterocycles. The van der Waals surface area contributed by atoms with Crippen LogP contribution in [0.2, 0.25) is 0 Å². The van der Waals surface area contributed by atoms with Crippen LogP contribution in [0.1, 0.15) is 23.3 Å². The van der Waals surface area contributed by atoms with Crippen molar-refractivity contribution >= 4 is 21.4 Å². The molecule has 3 rings (SSSR count). The Bertz CT molecular complexity index is 945. The van der Waals surface area contributed by atoms with Crippen LogP contribution in [0.3, 0.4) is 0 Å². The first kappa shape index (κ1) is 16.8. The Kier molecular flexibility index (Phi) is 4.79. The zero-order valence-corrected chi connectivity index (χ0v) is 14.9. The molecule has 0 aliphatic carbocycles. The third-order valence-electron chi connectivity index (χ3n) is 3.41. The Morgan fingerprint density at radius 1 is 1.25 bits per heavy atom. The first-order valence-electron chi connectivity index (χ1n) is 7.46. The number of nitrogens with one attached hydrogen (secondary N) is 1. The van der Waals surface area contributed by atoms with E-state index < -0.39 is 10.0 Å². The van der Waals surface area contributed by atoms with Crippen molar-refractivity contribution in [1.29, 1.82) is 0 Å². The Balaban J connectivity index is 1.71. The summed E-state index contributed by atoms with van der Waals surface area (Å²) in [5, 5.41) is 3.90.